The van der Waals surface area contributed by atoms with Gasteiger partial charge in [-0.25, -0.2) is 9.59 Å². The molecule has 0 aliphatic carbocycles. The van der Waals surface area contributed by atoms with Gasteiger partial charge in [0.2, 0.25) is 5.91 Å². The highest BCUT2D eigenvalue weighted by molar-refractivity contribution is 6.30. The third-order valence-electron chi connectivity index (χ3n) is 5.17. The predicted molar refractivity (Wildman–Crippen MR) is 116 cm³/mol. The molecule has 2 aromatic carbocycles. The summed E-state index contributed by atoms with van der Waals surface area (Å²) < 4.78 is 15.6. The zero-order valence-electron chi connectivity index (χ0n) is 17.3. The van der Waals surface area contributed by atoms with E-state index in [4.69, 9.17) is 25.8 Å². The maximum absolute atomic E-state index is 12.8. The van der Waals surface area contributed by atoms with Crippen LogP contribution in [0.15, 0.2) is 53.7 Å². The molecular weight excluding hydrogens is 438 g/mol. The van der Waals surface area contributed by atoms with E-state index in [0.29, 0.717) is 39.0 Å². The topological polar surface area (TPSA) is 106 Å². The molecule has 2 aromatic rings. The number of carbonyl (C=O) groups is 3. The lowest BCUT2D eigenvalue weighted by Crippen LogP contribution is -2.49. The standard InChI is InChI=1S/C22H20ClN3O6/c1-30-16-8-7-14(9-17(16)31-2)24-18(27)10-26-15-11-32-21(28)19(15)20(25-22(26)29)12-3-5-13(23)6-4-12/h3-9,20H,10-11H2,1-2H3,(H,24,27)(H,25,29)/t20-/m0/s1. The normalized spacial score (nSPS) is 17.5. The minimum atomic E-state index is -0.685. The lowest BCUT2D eigenvalue weighted by atomic mass is 9.96. The van der Waals surface area contributed by atoms with Crippen molar-refractivity contribution in [3.8, 4) is 11.5 Å². The number of urea groups is 1. The Kier molecular flexibility index (Phi) is 5.91. The molecule has 0 spiro atoms. The first kappa shape index (κ1) is 21.5. The SMILES string of the molecule is COc1ccc(NC(=O)CN2C(=O)N[C@@H](c3ccc(Cl)cc3)C3=C2COC3=O)cc1OC. The molecule has 0 aromatic heterocycles. The highest BCUT2D eigenvalue weighted by Crippen LogP contribution is 2.35. The van der Waals surface area contributed by atoms with Gasteiger partial charge in [-0.1, -0.05) is 23.7 Å². The van der Waals surface area contributed by atoms with Crippen molar-refractivity contribution in [2.24, 2.45) is 0 Å². The number of rotatable bonds is 6. The molecule has 3 amide bonds. The Morgan fingerprint density at radius 2 is 1.88 bits per heavy atom. The Hall–Kier alpha value is -3.72. The van der Waals surface area contributed by atoms with Gasteiger partial charge in [-0.15, -0.1) is 0 Å². The first-order valence-electron chi connectivity index (χ1n) is 9.66. The summed E-state index contributed by atoms with van der Waals surface area (Å²) in [5.41, 5.74) is 1.81. The van der Waals surface area contributed by atoms with Crippen molar-refractivity contribution >= 4 is 35.2 Å². The molecule has 2 N–H and O–H groups in total. The largest absolute Gasteiger partial charge is 0.493 e. The van der Waals surface area contributed by atoms with Crippen LogP contribution in [0.3, 0.4) is 0 Å². The first-order valence-corrected chi connectivity index (χ1v) is 10.0. The van der Waals surface area contributed by atoms with Gasteiger partial charge in [0, 0.05) is 16.8 Å². The van der Waals surface area contributed by atoms with Gasteiger partial charge in [0.15, 0.2) is 11.5 Å². The lowest BCUT2D eigenvalue weighted by molar-refractivity contribution is -0.136. The van der Waals surface area contributed by atoms with Crippen LogP contribution in [0, 0.1) is 0 Å². The summed E-state index contributed by atoms with van der Waals surface area (Å²) in [6.45, 7) is -0.391. The van der Waals surface area contributed by atoms with Gasteiger partial charge in [-0.3, -0.25) is 9.69 Å². The summed E-state index contributed by atoms with van der Waals surface area (Å²) in [5, 5.41) is 6.03. The summed E-state index contributed by atoms with van der Waals surface area (Å²) in [6.07, 6.45) is 0. The van der Waals surface area contributed by atoms with Crippen molar-refractivity contribution in [1.82, 2.24) is 10.2 Å². The monoisotopic (exact) mass is 457 g/mol. The van der Waals surface area contributed by atoms with E-state index >= 15 is 0 Å². The van der Waals surface area contributed by atoms with E-state index in [1.54, 1.807) is 42.5 Å². The van der Waals surface area contributed by atoms with Gasteiger partial charge in [0.05, 0.1) is 31.5 Å². The van der Waals surface area contributed by atoms with Crippen LogP contribution in [0.2, 0.25) is 5.02 Å². The van der Waals surface area contributed by atoms with E-state index in [1.165, 1.54) is 19.1 Å². The molecule has 4 rings (SSSR count). The molecule has 1 atom stereocenters. The number of esters is 1. The van der Waals surface area contributed by atoms with Crippen molar-refractivity contribution in [3.05, 3.63) is 64.3 Å². The molecule has 0 unspecified atom stereocenters. The van der Waals surface area contributed by atoms with Crippen LogP contribution in [0.1, 0.15) is 11.6 Å². The fraction of sp³-hybridized carbons (Fsp3) is 0.227. The molecule has 166 valence electrons. The Balaban J connectivity index is 1.55. The number of benzene rings is 2. The van der Waals surface area contributed by atoms with E-state index < -0.39 is 23.9 Å². The van der Waals surface area contributed by atoms with Gasteiger partial charge in [-0.05, 0) is 29.8 Å². The van der Waals surface area contributed by atoms with E-state index in [-0.39, 0.29) is 13.2 Å². The van der Waals surface area contributed by atoms with Crippen LogP contribution < -0.4 is 20.1 Å². The number of ether oxygens (including phenoxy) is 3. The van der Waals surface area contributed by atoms with E-state index in [0.717, 1.165) is 0 Å². The second-order valence-corrected chi connectivity index (χ2v) is 7.51. The van der Waals surface area contributed by atoms with Crippen molar-refractivity contribution in [3.63, 3.8) is 0 Å². The third kappa shape index (κ3) is 4.06. The number of hydrogen-bond acceptors (Lipinski definition) is 6. The third-order valence-corrected chi connectivity index (χ3v) is 5.42. The number of amides is 3. The zero-order valence-corrected chi connectivity index (χ0v) is 18.1. The average Bonchev–Trinajstić information content (AvgIpc) is 3.17. The number of cyclic esters (lactones) is 1. The number of methoxy groups -OCH3 is 2. The van der Waals surface area contributed by atoms with Gasteiger partial charge in [-0.2, -0.15) is 0 Å². The molecular formula is C22H20ClN3O6. The lowest BCUT2D eigenvalue weighted by Gasteiger charge is -2.32. The molecule has 9 nitrogen and oxygen atoms in total. The molecule has 0 fully saturated rings. The fourth-order valence-corrected chi connectivity index (χ4v) is 3.77. The van der Waals surface area contributed by atoms with Crippen LogP contribution in [0.4, 0.5) is 10.5 Å². The number of nitrogens with zero attached hydrogens (tertiary/aromatic N) is 1. The van der Waals surface area contributed by atoms with Crippen molar-refractivity contribution in [2.75, 3.05) is 32.7 Å². The average molecular weight is 458 g/mol. The second kappa shape index (κ2) is 8.80. The molecule has 32 heavy (non-hydrogen) atoms. The molecule has 2 heterocycles. The molecule has 0 saturated heterocycles. The Bertz CT molecular complexity index is 1120. The first-order chi connectivity index (χ1) is 15.4. The van der Waals surface area contributed by atoms with Gasteiger partial charge < -0.3 is 24.8 Å². The number of anilines is 1. The number of hydrogen-bond donors (Lipinski definition) is 2. The summed E-state index contributed by atoms with van der Waals surface area (Å²) in [5.74, 6) is -0.0223. The van der Waals surface area contributed by atoms with E-state index in [2.05, 4.69) is 10.6 Å². The summed E-state index contributed by atoms with van der Waals surface area (Å²) in [6, 6.07) is 10.5. The number of carbonyl (C=O) groups excluding carboxylic acids is 3. The molecule has 0 bridgehead atoms. The minimum absolute atomic E-state index is 0.0880. The minimum Gasteiger partial charge on any atom is -0.493 e. The maximum Gasteiger partial charge on any atom is 0.338 e. The summed E-state index contributed by atoms with van der Waals surface area (Å²) in [4.78, 5) is 39.1. The Labute approximate surface area is 188 Å². The van der Waals surface area contributed by atoms with Gasteiger partial charge in [0.1, 0.15) is 13.2 Å². The van der Waals surface area contributed by atoms with E-state index in [1.807, 2.05) is 0 Å². The second-order valence-electron chi connectivity index (χ2n) is 7.07. The zero-order chi connectivity index (χ0) is 22.8. The Morgan fingerprint density at radius 1 is 1.16 bits per heavy atom. The van der Waals surface area contributed by atoms with Gasteiger partial charge in [0.25, 0.3) is 0 Å². The van der Waals surface area contributed by atoms with Gasteiger partial charge >= 0.3 is 12.0 Å². The quantitative estimate of drug-likeness (QED) is 0.646. The van der Waals surface area contributed by atoms with Crippen LogP contribution in [0.5, 0.6) is 11.5 Å². The fourth-order valence-electron chi connectivity index (χ4n) is 3.64. The van der Waals surface area contributed by atoms with Crippen LogP contribution in [-0.2, 0) is 14.3 Å². The maximum atomic E-state index is 12.8. The summed E-state index contributed by atoms with van der Waals surface area (Å²) >= 11 is 5.94. The molecule has 2 aliphatic heterocycles. The molecule has 0 radical (unpaired) electrons. The van der Waals surface area contributed by atoms with Crippen LogP contribution in [0.25, 0.3) is 0 Å². The number of nitrogens with one attached hydrogen (secondary N) is 2. The highest BCUT2D eigenvalue weighted by atomic mass is 35.5. The smallest absolute Gasteiger partial charge is 0.338 e. The van der Waals surface area contributed by atoms with Crippen LogP contribution in [-0.4, -0.2) is 50.2 Å². The predicted octanol–water partition coefficient (Wildman–Crippen LogP) is 2.87. The summed E-state index contributed by atoms with van der Waals surface area (Å²) in [7, 11) is 3.00. The Morgan fingerprint density at radius 3 is 2.56 bits per heavy atom. The molecule has 0 saturated carbocycles. The van der Waals surface area contributed by atoms with E-state index in [9.17, 15) is 14.4 Å². The molecule has 10 heteroatoms. The van der Waals surface area contributed by atoms with Crippen molar-refractivity contribution < 1.29 is 28.6 Å². The van der Waals surface area contributed by atoms with Crippen molar-refractivity contribution in [1.29, 1.82) is 0 Å². The van der Waals surface area contributed by atoms with Crippen LogP contribution >= 0.6 is 11.6 Å². The molecule has 2 aliphatic rings. The van der Waals surface area contributed by atoms with Crippen molar-refractivity contribution in [2.45, 2.75) is 6.04 Å². The number of halogens is 1. The highest BCUT2D eigenvalue weighted by Gasteiger charge is 2.42.